The maximum atomic E-state index is 12.6. The van der Waals surface area contributed by atoms with Crippen LogP contribution >= 0.6 is 0 Å². The third kappa shape index (κ3) is 5.46. The molecule has 0 aromatic heterocycles. The normalized spacial score (nSPS) is 24.3. The predicted octanol–water partition coefficient (Wildman–Crippen LogP) is 1.83. The van der Waals surface area contributed by atoms with Gasteiger partial charge in [0, 0.05) is 25.7 Å². The average Bonchev–Trinajstić information content (AvgIpc) is 3.24. The van der Waals surface area contributed by atoms with Crippen molar-refractivity contribution in [3.05, 3.63) is 29.8 Å². The van der Waals surface area contributed by atoms with Crippen molar-refractivity contribution in [3.63, 3.8) is 0 Å². The first-order valence-electron chi connectivity index (χ1n) is 10.3. The van der Waals surface area contributed by atoms with E-state index in [1.165, 1.54) is 0 Å². The fraction of sp³-hybridized carbons (Fsp3) is 0.650. The van der Waals surface area contributed by atoms with Gasteiger partial charge in [0.15, 0.2) is 5.96 Å². The largest absolute Gasteiger partial charge is 0.393 e. The molecule has 1 aliphatic carbocycles. The Bertz CT molecular complexity index is 750. The third-order valence-electron chi connectivity index (χ3n) is 5.43. The zero-order chi connectivity index (χ0) is 20.0. The lowest BCUT2D eigenvalue weighted by Crippen LogP contribution is -2.45. The van der Waals surface area contributed by atoms with Gasteiger partial charge in [0.1, 0.15) is 0 Å². The smallest absolute Gasteiger partial charge is 0.243 e. The van der Waals surface area contributed by atoms with Gasteiger partial charge in [0.2, 0.25) is 10.0 Å². The van der Waals surface area contributed by atoms with Gasteiger partial charge in [-0.2, -0.15) is 4.31 Å². The van der Waals surface area contributed by atoms with Gasteiger partial charge in [0.05, 0.1) is 17.5 Å². The van der Waals surface area contributed by atoms with E-state index in [1.54, 1.807) is 16.4 Å². The third-order valence-corrected chi connectivity index (χ3v) is 7.34. The fourth-order valence-electron chi connectivity index (χ4n) is 3.75. The summed E-state index contributed by atoms with van der Waals surface area (Å²) in [6, 6.07) is 7.37. The number of benzene rings is 1. The highest BCUT2D eigenvalue weighted by atomic mass is 32.2. The maximum Gasteiger partial charge on any atom is 0.243 e. The first kappa shape index (κ1) is 21.1. The van der Waals surface area contributed by atoms with Gasteiger partial charge in [-0.05, 0) is 63.1 Å². The minimum absolute atomic E-state index is 0.173. The number of aliphatic hydroxyl groups excluding tert-OH is 1. The molecule has 7 nitrogen and oxygen atoms in total. The number of rotatable bonds is 6. The summed E-state index contributed by atoms with van der Waals surface area (Å²) in [4.78, 5) is 4.99. The van der Waals surface area contributed by atoms with Crippen LogP contribution in [0.25, 0.3) is 0 Å². The second-order valence-corrected chi connectivity index (χ2v) is 9.54. The minimum Gasteiger partial charge on any atom is -0.393 e. The second-order valence-electron chi connectivity index (χ2n) is 7.60. The van der Waals surface area contributed by atoms with Crippen LogP contribution in [-0.2, 0) is 16.6 Å². The van der Waals surface area contributed by atoms with E-state index in [0.29, 0.717) is 30.6 Å². The zero-order valence-corrected chi connectivity index (χ0v) is 17.4. The maximum absolute atomic E-state index is 12.6. The summed E-state index contributed by atoms with van der Waals surface area (Å²) in [5, 5.41) is 16.3. The van der Waals surface area contributed by atoms with Crippen molar-refractivity contribution in [2.24, 2.45) is 4.99 Å². The molecule has 0 spiro atoms. The van der Waals surface area contributed by atoms with Crippen molar-refractivity contribution >= 4 is 16.0 Å². The monoisotopic (exact) mass is 408 g/mol. The summed E-state index contributed by atoms with van der Waals surface area (Å²) in [6.45, 7) is 4.51. The van der Waals surface area contributed by atoms with E-state index in [4.69, 9.17) is 0 Å². The summed E-state index contributed by atoms with van der Waals surface area (Å²) in [7, 11) is -3.37. The number of aliphatic imine (C=N–C) groups is 1. The number of hydrogen-bond acceptors (Lipinski definition) is 4. The van der Waals surface area contributed by atoms with Crippen LogP contribution in [0.1, 0.15) is 51.0 Å². The van der Waals surface area contributed by atoms with Crippen LogP contribution in [0, 0.1) is 0 Å². The first-order chi connectivity index (χ1) is 13.5. The van der Waals surface area contributed by atoms with Crippen LogP contribution in [0.4, 0.5) is 0 Å². The Labute approximate surface area is 168 Å². The van der Waals surface area contributed by atoms with Crippen molar-refractivity contribution in [1.29, 1.82) is 0 Å². The summed E-state index contributed by atoms with van der Waals surface area (Å²) in [5.41, 5.74) is 0.969. The number of hydrogen-bond donors (Lipinski definition) is 3. The summed E-state index contributed by atoms with van der Waals surface area (Å²) in [6.07, 6.45) is 5.23. The van der Waals surface area contributed by atoms with Gasteiger partial charge in [-0.15, -0.1) is 0 Å². The van der Waals surface area contributed by atoms with Crippen LogP contribution in [0.2, 0.25) is 0 Å². The van der Waals surface area contributed by atoms with E-state index in [-0.39, 0.29) is 6.10 Å². The van der Waals surface area contributed by atoms with Gasteiger partial charge >= 0.3 is 0 Å². The zero-order valence-electron chi connectivity index (χ0n) is 16.6. The molecule has 1 saturated carbocycles. The Kier molecular flexibility index (Phi) is 7.31. The number of nitrogens with zero attached hydrogens (tertiary/aromatic N) is 2. The van der Waals surface area contributed by atoms with Crippen LogP contribution in [-0.4, -0.2) is 55.6 Å². The molecule has 28 heavy (non-hydrogen) atoms. The number of sulfonamides is 1. The molecule has 0 radical (unpaired) electrons. The van der Waals surface area contributed by atoms with Crippen LogP contribution in [0.15, 0.2) is 34.2 Å². The molecule has 1 saturated heterocycles. The molecule has 1 heterocycles. The SMILES string of the molecule is CCNC(=NCc1ccc(S(=O)(=O)N2CCCC2)cc1)NC1CCC(O)CC1. The molecule has 2 fully saturated rings. The van der Waals surface area contributed by atoms with Crippen molar-refractivity contribution in [3.8, 4) is 0 Å². The number of nitrogens with one attached hydrogen (secondary N) is 2. The van der Waals surface area contributed by atoms with Gasteiger partial charge in [-0.1, -0.05) is 12.1 Å². The van der Waals surface area contributed by atoms with Crippen molar-refractivity contribution in [1.82, 2.24) is 14.9 Å². The molecule has 0 amide bonds. The second kappa shape index (κ2) is 9.71. The lowest BCUT2D eigenvalue weighted by atomic mass is 9.93. The lowest BCUT2D eigenvalue weighted by molar-refractivity contribution is 0.120. The van der Waals surface area contributed by atoms with Crippen molar-refractivity contribution < 1.29 is 13.5 Å². The number of aliphatic hydroxyl groups is 1. The van der Waals surface area contributed by atoms with Gasteiger partial charge in [-0.25, -0.2) is 13.4 Å². The molecule has 0 atom stereocenters. The molecule has 1 aromatic rings. The Morgan fingerprint density at radius 2 is 1.79 bits per heavy atom. The van der Waals surface area contributed by atoms with E-state index < -0.39 is 10.0 Å². The first-order valence-corrected chi connectivity index (χ1v) is 11.7. The van der Waals surface area contributed by atoms with E-state index >= 15 is 0 Å². The summed E-state index contributed by atoms with van der Waals surface area (Å²) < 4.78 is 26.8. The Morgan fingerprint density at radius 3 is 2.39 bits per heavy atom. The quantitative estimate of drug-likeness (QED) is 0.493. The number of guanidine groups is 1. The van der Waals surface area contributed by atoms with E-state index in [9.17, 15) is 13.5 Å². The van der Waals surface area contributed by atoms with Gasteiger partial charge < -0.3 is 15.7 Å². The molecule has 8 heteroatoms. The highest BCUT2D eigenvalue weighted by Gasteiger charge is 2.26. The molecule has 3 N–H and O–H groups in total. The molecular weight excluding hydrogens is 376 g/mol. The molecule has 3 rings (SSSR count). The Hall–Kier alpha value is -1.64. The minimum atomic E-state index is -3.37. The Balaban J connectivity index is 1.61. The van der Waals surface area contributed by atoms with Crippen molar-refractivity contribution in [2.75, 3.05) is 19.6 Å². The lowest BCUT2D eigenvalue weighted by Gasteiger charge is -2.27. The highest BCUT2D eigenvalue weighted by molar-refractivity contribution is 7.89. The Morgan fingerprint density at radius 1 is 1.14 bits per heavy atom. The molecule has 0 bridgehead atoms. The molecule has 156 valence electrons. The topological polar surface area (TPSA) is 94.0 Å². The van der Waals surface area contributed by atoms with Crippen LogP contribution < -0.4 is 10.6 Å². The average molecular weight is 409 g/mol. The highest BCUT2D eigenvalue weighted by Crippen LogP contribution is 2.21. The molecule has 0 unspecified atom stereocenters. The van der Waals surface area contributed by atoms with Crippen LogP contribution in [0.5, 0.6) is 0 Å². The molecular formula is C20H32N4O3S. The molecule has 1 aromatic carbocycles. The molecule has 1 aliphatic heterocycles. The predicted molar refractivity (Wildman–Crippen MR) is 111 cm³/mol. The van der Waals surface area contributed by atoms with Crippen molar-refractivity contribution in [2.45, 2.75) is 69.0 Å². The standard InChI is InChI=1S/C20H32N4O3S/c1-2-21-20(23-17-7-9-18(25)10-8-17)22-15-16-5-11-19(12-6-16)28(26,27)24-13-3-4-14-24/h5-6,11-12,17-18,25H,2-4,7-10,13-15H2,1H3,(H2,21,22,23). The van der Waals surface area contributed by atoms with Crippen LogP contribution in [0.3, 0.4) is 0 Å². The van der Waals surface area contributed by atoms with Gasteiger partial charge in [0.25, 0.3) is 0 Å². The van der Waals surface area contributed by atoms with E-state index in [2.05, 4.69) is 15.6 Å². The fourth-order valence-corrected chi connectivity index (χ4v) is 5.27. The van der Waals surface area contributed by atoms with E-state index in [1.807, 2.05) is 19.1 Å². The summed E-state index contributed by atoms with van der Waals surface area (Å²) in [5.74, 6) is 0.762. The van der Waals surface area contributed by atoms with E-state index in [0.717, 1.165) is 56.6 Å². The molecule has 2 aliphatic rings. The summed E-state index contributed by atoms with van der Waals surface area (Å²) >= 11 is 0. The van der Waals surface area contributed by atoms with Gasteiger partial charge in [-0.3, -0.25) is 0 Å².